The molecule has 0 bridgehead atoms. The van der Waals surface area contributed by atoms with Gasteiger partial charge in [0.2, 0.25) is 10.0 Å². The van der Waals surface area contributed by atoms with Crippen molar-refractivity contribution in [2.75, 3.05) is 58.0 Å². The number of guanidine groups is 1. The molecule has 0 aliphatic carbocycles. The second-order valence-corrected chi connectivity index (χ2v) is 9.42. The first-order valence-corrected chi connectivity index (χ1v) is 12.0. The van der Waals surface area contributed by atoms with E-state index in [1.165, 1.54) is 10.6 Å². The van der Waals surface area contributed by atoms with Crippen LogP contribution in [0.25, 0.3) is 0 Å². The zero-order valence-corrected chi connectivity index (χ0v) is 19.2. The van der Waals surface area contributed by atoms with Crippen molar-refractivity contribution in [3.8, 4) is 5.75 Å². The smallest absolute Gasteiger partial charge is 0.211 e. The fourth-order valence-corrected chi connectivity index (χ4v) is 4.51. The van der Waals surface area contributed by atoms with Crippen molar-refractivity contribution < 1.29 is 13.2 Å². The van der Waals surface area contributed by atoms with Gasteiger partial charge in [0.15, 0.2) is 5.96 Å². The molecule has 1 aliphatic rings. The maximum atomic E-state index is 11.6. The number of rotatable bonds is 9. The molecule has 0 amide bonds. The maximum Gasteiger partial charge on any atom is 0.211 e. The quantitative estimate of drug-likeness (QED) is 0.342. The molecule has 1 aromatic carbocycles. The summed E-state index contributed by atoms with van der Waals surface area (Å²) in [6.07, 6.45) is 2.91. The second kappa shape index (κ2) is 10.9. The van der Waals surface area contributed by atoms with Crippen LogP contribution in [0.3, 0.4) is 0 Å². The monoisotopic (exact) mass is 445 g/mol. The highest BCUT2D eigenvalue weighted by Gasteiger charge is 2.25. The maximum absolute atomic E-state index is 11.6. The summed E-state index contributed by atoms with van der Waals surface area (Å²) in [5.41, 5.74) is 0.993. The number of sulfonamides is 1. The highest BCUT2D eigenvalue weighted by Crippen LogP contribution is 2.33. The molecular formula is C19H32ClN5O3S. The molecule has 0 aromatic heterocycles. The number of aliphatic imine (C=N–C) groups is 1. The first-order valence-electron chi connectivity index (χ1n) is 9.79. The Morgan fingerprint density at radius 3 is 2.83 bits per heavy atom. The molecule has 1 aromatic rings. The molecule has 2 N–H and O–H groups in total. The number of nitrogens with one attached hydrogen (secondary N) is 2. The fourth-order valence-electron chi connectivity index (χ4n) is 3.42. The van der Waals surface area contributed by atoms with E-state index in [1.54, 1.807) is 14.2 Å². The molecule has 0 radical (unpaired) electrons. The summed E-state index contributed by atoms with van der Waals surface area (Å²) in [4.78, 5) is 6.53. The van der Waals surface area contributed by atoms with Gasteiger partial charge in [0.25, 0.3) is 0 Å². The minimum absolute atomic E-state index is 0.244. The lowest BCUT2D eigenvalue weighted by Gasteiger charge is -2.22. The van der Waals surface area contributed by atoms with Gasteiger partial charge < -0.3 is 20.3 Å². The van der Waals surface area contributed by atoms with Gasteiger partial charge in [0, 0.05) is 50.8 Å². The lowest BCUT2D eigenvalue weighted by molar-refractivity contribution is 0.415. The van der Waals surface area contributed by atoms with E-state index >= 15 is 0 Å². The molecule has 1 saturated heterocycles. The van der Waals surface area contributed by atoms with Crippen LogP contribution in [-0.4, -0.2) is 77.9 Å². The van der Waals surface area contributed by atoms with E-state index in [0.717, 1.165) is 36.9 Å². The topological polar surface area (TPSA) is 86.3 Å². The van der Waals surface area contributed by atoms with Crippen LogP contribution in [-0.2, 0) is 10.0 Å². The molecule has 29 heavy (non-hydrogen) atoms. The van der Waals surface area contributed by atoms with Crippen LogP contribution in [0, 0.1) is 0 Å². The molecule has 1 fully saturated rings. The summed E-state index contributed by atoms with van der Waals surface area (Å²) in [6, 6.07) is 5.88. The van der Waals surface area contributed by atoms with Gasteiger partial charge in [-0.3, -0.25) is 4.99 Å². The molecule has 1 unspecified atom stereocenters. The number of methoxy groups -OCH3 is 1. The summed E-state index contributed by atoms with van der Waals surface area (Å²) in [6.45, 7) is 5.17. The number of halogens is 1. The van der Waals surface area contributed by atoms with Gasteiger partial charge in [-0.25, -0.2) is 12.7 Å². The van der Waals surface area contributed by atoms with Gasteiger partial charge in [0.1, 0.15) is 5.75 Å². The van der Waals surface area contributed by atoms with Gasteiger partial charge in [-0.1, -0.05) is 18.5 Å². The minimum Gasteiger partial charge on any atom is -0.495 e. The SMILES string of the molecule is CCN(CCCNC(=NC)NC1CCN(c2cc(Cl)ccc2OC)C1)S(C)(=O)=O. The number of nitrogens with zero attached hydrogens (tertiary/aromatic N) is 3. The number of anilines is 1. The van der Waals surface area contributed by atoms with Crippen LogP contribution in [0.4, 0.5) is 5.69 Å². The highest BCUT2D eigenvalue weighted by atomic mass is 35.5. The van der Waals surface area contributed by atoms with Crippen molar-refractivity contribution >= 4 is 33.3 Å². The van der Waals surface area contributed by atoms with Crippen molar-refractivity contribution in [1.29, 1.82) is 0 Å². The Morgan fingerprint density at radius 1 is 1.45 bits per heavy atom. The molecule has 1 atom stereocenters. The Labute approximate surface area is 179 Å². The van der Waals surface area contributed by atoms with E-state index in [1.807, 2.05) is 25.1 Å². The fraction of sp³-hybridized carbons (Fsp3) is 0.632. The van der Waals surface area contributed by atoms with E-state index < -0.39 is 10.0 Å². The average molecular weight is 446 g/mol. The third kappa shape index (κ3) is 6.94. The van der Waals surface area contributed by atoms with E-state index in [2.05, 4.69) is 20.5 Å². The Kier molecular flexibility index (Phi) is 8.85. The number of hydrogen-bond donors (Lipinski definition) is 2. The van der Waals surface area contributed by atoms with Crippen LogP contribution < -0.4 is 20.3 Å². The van der Waals surface area contributed by atoms with E-state index in [9.17, 15) is 8.42 Å². The van der Waals surface area contributed by atoms with Crippen LogP contribution in [0.1, 0.15) is 19.8 Å². The van der Waals surface area contributed by atoms with Crippen molar-refractivity contribution in [2.24, 2.45) is 4.99 Å². The zero-order chi connectivity index (χ0) is 21.4. The van der Waals surface area contributed by atoms with Gasteiger partial charge >= 0.3 is 0 Å². The standard InChI is InChI=1S/C19H32ClN5O3S/c1-5-25(29(4,26)27)11-6-10-22-19(21-2)23-16-9-12-24(14-16)17-13-15(20)7-8-18(17)28-3/h7-8,13,16H,5-6,9-12,14H2,1-4H3,(H2,21,22,23). The Bertz CT molecular complexity index is 803. The van der Waals surface area contributed by atoms with Crippen LogP contribution in [0.2, 0.25) is 5.02 Å². The highest BCUT2D eigenvalue weighted by molar-refractivity contribution is 7.88. The van der Waals surface area contributed by atoms with Crippen molar-refractivity contribution in [3.63, 3.8) is 0 Å². The number of hydrogen-bond acceptors (Lipinski definition) is 5. The number of ether oxygens (including phenoxy) is 1. The van der Waals surface area contributed by atoms with Crippen molar-refractivity contribution in [1.82, 2.24) is 14.9 Å². The average Bonchev–Trinajstić information content (AvgIpc) is 3.14. The lowest BCUT2D eigenvalue weighted by Crippen LogP contribution is -2.45. The Hall–Kier alpha value is -1.71. The molecule has 164 valence electrons. The minimum atomic E-state index is -3.15. The molecule has 1 heterocycles. The van der Waals surface area contributed by atoms with E-state index in [0.29, 0.717) is 31.1 Å². The van der Waals surface area contributed by atoms with Crippen LogP contribution in [0.15, 0.2) is 23.2 Å². The second-order valence-electron chi connectivity index (χ2n) is 7.00. The zero-order valence-electron chi connectivity index (χ0n) is 17.6. The van der Waals surface area contributed by atoms with Gasteiger partial charge in [-0.15, -0.1) is 0 Å². The summed E-state index contributed by atoms with van der Waals surface area (Å²) in [7, 11) is 0.247. The largest absolute Gasteiger partial charge is 0.495 e. The lowest BCUT2D eigenvalue weighted by atomic mass is 10.2. The van der Waals surface area contributed by atoms with Gasteiger partial charge in [-0.2, -0.15) is 0 Å². The van der Waals surface area contributed by atoms with Gasteiger partial charge in [0.05, 0.1) is 19.1 Å². The van der Waals surface area contributed by atoms with Crippen molar-refractivity contribution in [3.05, 3.63) is 23.2 Å². The van der Waals surface area contributed by atoms with E-state index in [-0.39, 0.29) is 6.04 Å². The summed E-state index contributed by atoms with van der Waals surface area (Å²) in [5.74, 6) is 1.53. The normalized spacial score (nSPS) is 17.7. The van der Waals surface area contributed by atoms with Crippen LogP contribution in [0.5, 0.6) is 5.75 Å². The number of benzene rings is 1. The first kappa shape index (κ1) is 23.6. The predicted octanol–water partition coefficient (Wildman–Crippen LogP) is 1.76. The van der Waals surface area contributed by atoms with Crippen LogP contribution >= 0.6 is 11.6 Å². The third-order valence-electron chi connectivity index (χ3n) is 4.93. The summed E-state index contributed by atoms with van der Waals surface area (Å²) >= 11 is 6.16. The molecule has 1 aliphatic heterocycles. The Morgan fingerprint density at radius 2 is 2.21 bits per heavy atom. The molecule has 10 heteroatoms. The molecule has 2 rings (SSSR count). The molecular weight excluding hydrogens is 414 g/mol. The third-order valence-corrected chi connectivity index (χ3v) is 6.55. The summed E-state index contributed by atoms with van der Waals surface area (Å²) < 4.78 is 30.2. The first-order chi connectivity index (χ1) is 13.8. The van der Waals surface area contributed by atoms with Crippen molar-refractivity contribution in [2.45, 2.75) is 25.8 Å². The predicted molar refractivity (Wildman–Crippen MR) is 120 cm³/mol. The molecule has 8 nitrogen and oxygen atoms in total. The van der Waals surface area contributed by atoms with E-state index in [4.69, 9.17) is 16.3 Å². The molecule has 0 saturated carbocycles. The van der Waals surface area contributed by atoms with Gasteiger partial charge in [-0.05, 0) is 31.0 Å². The summed E-state index contributed by atoms with van der Waals surface area (Å²) in [5, 5.41) is 7.39. The Balaban J connectivity index is 1.83. The molecule has 0 spiro atoms.